The molecule has 0 aliphatic heterocycles. The van der Waals surface area contributed by atoms with E-state index in [1.165, 1.54) is 23.4 Å². The molecule has 0 radical (unpaired) electrons. The van der Waals surface area contributed by atoms with Gasteiger partial charge in [-0.1, -0.05) is 43.0 Å². The molecule has 0 bridgehead atoms. The van der Waals surface area contributed by atoms with Crippen molar-refractivity contribution < 1.29 is 0 Å². The van der Waals surface area contributed by atoms with Crippen molar-refractivity contribution in [1.82, 2.24) is 9.97 Å². The first kappa shape index (κ1) is 14.8. The zero-order chi connectivity index (χ0) is 14.5. The highest BCUT2D eigenvalue weighted by molar-refractivity contribution is 7.99. The van der Waals surface area contributed by atoms with Gasteiger partial charge in [-0.25, -0.2) is 4.98 Å². The third-order valence-electron chi connectivity index (χ3n) is 3.06. The van der Waals surface area contributed by atoms with E-state index in [1.807, 2.05) is 6.92 Å². The van der Waals surface area contributed by atoms with E-state index in [0.29, 0.717) is 10.9 Å². The van der Waals surface area contributed by atoms with Crippen molar-refractivity contribution in [1.29, 1.82) is 0 Å². The van der Waals surface area contributed by atoms with Crippen molar-refractivity contribution in [3.63, 3.8) is 0 Å². The third-order valence-corrected chi connectivity index (χ3v) is 4.06. The number of thioether (sulfide) groups is 1. The van der Waals surface area contributed by atoms with Gasteiger partial charge in [0.2, 0.25) is 0 Å². The van der Waals surface area contributed by atoms with Crippen LogP contribution >= 0.6 is 11.8 Å². The molecule has 2 aromatic rings. The summed E-state index contributed by atoms with van der Waals surface area (Å²) in [4.78, 5) is 18.3. The first-order chi connectivity index (χ1) is 9.58. The van der Waals surface area contributed by atoms with Gasteiger partial charge in [0.05, 0.1) is 0 Å². The largest absolute Gasteiger partial charge is 0.323 e. The van der Waals surface area contributed by atoms with Gasteiger partial charge in [-0.2, -0.15) is 0 Å². The van der Waals surface area contributed by atoms with Crippen molar-refractivity contribution in [3.8, 4) is 0 Å². The minimum Gasteiger partial charge on any atom is -0.323 e. The first-order valence-corrected chi connectivity index (χ1v) is 7.62. The molecule has 2 rings (SSSR count). The van der Waals surface area contributed by atoms with Crippen molar-refractivity contribution in [2.24, 2.45) is 5.73 Å². The van der Waals surface area contributed by atoms with Gasteiger partial charge >= 0.3 is 0 Å². The second kappa shape index (κ2) is 6.72. The molecule has 0 amide bonds. The van der Waals surface area contributed by atoms with E-state index in [0.717, 1.165) is 17.7 Å². The maximum absolute atomic E-state index is 11.4. The van der Waals surface area contributed by atoms with E-state index in [1.54, 1.807) is 0 Å². The molecule has 20 heavy (non-hydrogen) atoms. The molecule has 4 nitrogen and oxygen atoms in total. The van der Waals surface area contributed by atoms with Crippen LogP contribution in [0.4, 0.5) is 0 Å². The normalized spacial score (nSPS) is 12.3. The summed E-state index contributed by atoms with van der Waals surface area (Å²) >= 11 is 1.47. The lowest BCUT2D eigenvalue weighted by Crippen LogP contribution is -2.14. The maximum Gasteiger partial charge on any atom is 0.251 e. The van der Waals surface area contributed by atoms with Gasteiger partial charge in [0.1, 0.15) is 0 Å². The zero-order valence-electron chi connectivity index (χ0n) is 11.7. The molecule has 1 heterocycles. The number of hydrogen-bond acceptors (Lipinski definition) is 4. The molecule has 1 atom stereocenters. The van der Waals surface area contributed by atoms with Crippen molar-refractivity contribution >= 4 is 11.8 Å². The SMILES string of the molecule is CCc1ccc(C(N)CSc2nc(C)cc(=O)[nH]2)cc1. The molecule has 0 saturated carbocycles. The smallest absolute Gasteiger partial charge is 0.251 e. The molecular formula is C15H19N3OS. The molecule has 1 aromatic heterocycles. The molecule has 106 valence electrons. The minimum atomic E-state index is -0.124. The van der Waals surface area contributed by atoms with E-state index in [2.05, 4.69) is 41.2 Å². The lowest BCUT2D eigenvalue weighted by molar-refractivity contribution is 0.822. The van der Waals surface area contributed by atoms with Gasteiger partial charge in [0.25, 0.3) is 5.56 Å². The Bertz CT molecular complexity index is 622. The fourth-order valence-corrected chi connectivity index (χ4v) is 2.80. The topological polar surface area (TPSA) is 71.8 Å². The van der Waals surface area contributed by atoms with Crippen LogP contribution in [0.1, 0.15) is 29.8 Å². The predicted molar refractivity (Wildman–Crippen MR) is 83.1 cm³/mol. The lowest BCUT2D eigenvalue weighted by atomic mass is 10.1. The average molecular weight is 289 g/mol. The molecule has 0 spiro atoms. The number of nitrogens with two attached hydrogens (primary N) is 1. The Morgan fingerprint density at radius 1 is 1.35 bits per heavy atom. The molecule has 3 N–H and O–H groups in total. The second-order valence-corrected chi connectivity index (χ2v) is 5.71. The van der Waals surface area contributed by atoms with Crippen LogP contribution in [0.3, 0.4) is 0 Å². The van der Waals surface area contributed by atoms with Gasteiger partial charge in [-0.15, -0.1) is 0 Å². The van der Waals surface area contributed by atoms with Crippen molar-refractivity contribution in [3.05, 3.63) is 57.5 Å². The Morgan fingerprint density at radius 2 is 2.05 bits per heavy atom. The summed E-state index contributed by atoms with van der Waals surface area (Å²) in [6, 6.07) is 9.75. The lowest BCUT2D eigenvalue weighted by Gasteiger charge is -2.12. The van der Waals surface area contributed by atoms with Gasteiger partial charge in [0.15, 0.2) is 5.16 Å². The summed E-state index contributed by atoms with van der Waals surface area (Å²) in [6.45, 7) is 3.94. The van der Waals surface area contributed by atoms with Crippen LogP contribution in [0.2, 0.25) is 0 Å². The molecule has 1 aromatic carbocycles. The summed E-state index contributed by atoms with van der Waals surface area (Å²) in [5, 5.41) is 0.621. The monoisotopic (exact) mass is 289 g/mol. The Labute approximate surface area is 122 Å². The second-order valence-electron chi connectivity index (χ2n) is 4.70. The van der Waals surface area contributed by atoms with Crippen LogP contribution in [-0.2, 0) is 6.42 Å². The minimum absolute atomic E-state index is 0.0725. The van der Waals surface area contributed by atoms with Crippen LogP contribution in [0.15, 0.2) is 40.3 Å². The van der Waals surface area contributed by atoms with Crippen LogP contribution in [0.25, 0.3) is 0 Å². The highest BCUT2D eigenvalue weighted by atomic mass is 32.2. The van der Waals surface area contributed by atoms with Gasteiger partial charge in [0, 0.05) is 23.6 Å². The predicted octanol–water partition coefficient (Wildman–Crippen LogP) is 2.43. The number of nitrogens with zero attached hydrogens (tertiary/aromatic N) is 1. The van der Waals surface area contributed by atoms with E-state index >= 15 is 0 Å². The third kappa shape index (κ3) is 3.95. The molecular weight excluding hydrogens is 270 g/mol. The van der Waals surface area contributed by atoms with Crippen molar-refractivity contribution in [2.45, 2.75) is 31.5 Å². The Hall–Kier alpha value is -1.59. The van der Waals surface area contributed by atoms with E-state index in [9.17, 15) is 4.79 Å². The molecule has 0 fully saturated rings. The number of H-pyrrole nitrogens is 1. The van der Waals surface area contributed by atoms with E-state index in [4.69, 9.17) is 5.73 Å². The zero-order valence-corrected chi connectivity index (χ0v) is 12.5. The Kier molecular flexibility index (Phi) is 4.98. The fourth-order valence-electron chi connectivity index (χ4n) is 1.89. The van der Waals surface area contributed by atoms with Crippen LogP contribution in [0, 0.1) is 6.92 Å². The number of aromatic amines is 1. The molecule has 0 aliphatic rings. The summed E-state index contributed by atoms with van der Waals surface area (Å²) in [6.07, 6.45) is 1.03. The van der Waals surface area contributed by atoms with E-state index < -0.39 is 0 Å². The van der Waals surface area contributed by atoms with Gasteiger partial charge < -0.3 is 10.7 Å². The standard InChI is InChI=1S/C15H19N3OS/c1-3-11-4-6-12(7-5-11)13(16)9-20-15-17-10(2)8-14(19)18-15/h4-8,13H,3,9,16H2,1-2H3,(H,17,18,19). The Balaban J connectivity index is 2.00. The number of hydrogen-bond donors (Lipinski definition) is 2. The molecule has 0 saturated heterocycles. The van der Waals surface area contributed by atoms with Gasteiger partial charge in [-0.3, -0.25) is 4.79 Å². The summed E-state index contributed by atoms with van der Waals surface area (Å²) < 4.78 is 0. The summed E-state index contributed by atoms with van der Waals surface area (Å²) in [7, 11) is 0. The highest BCUT2D eigenvalue weighted by Crippen LogP contribution is 2.20. The number of rotatable bonds is 5. The molecule has 5 heteroatoms. The van der Waals surface area contributed by atoms with Crippen molar-refractivity contribution in [2.75, 3.05) is 5.75 Å². The number of benzene rings is 1. The van der Waals surface area contributed by atoms with Crippen LogP contribution in [0.5, 0.6) is 0 Å². The number of aryl methyl sites for hydroxylation is 2. The fraction of sp³-hybridized carbons (Fsp3) is 0.333. The number of nitrogens with one attached hydrogen (secondary N) is 1. The molecule has 0 aliphatic carbocycles. The number of aromatic nitrogens is 2. The summed E-state index contributed by atoms with van der Waals surface area (Å²) in [5.74, 6) is 0.678. The Morgan fingerprint density at radius 3 is 2.65 bits per heavy atom. The quantitative estimate of drug-likeness (QED) is 0.655. The summed E-state index contributed by atoms with van der Waals surface area (Å²) in [5.41, 5.74) is 9.17. The molecule has 1 unspecified atom stereocenters. The van der Waals surface area contributed by atoms with E-state index in [-0.39, 0.29) is 11.6 Å². The van der Waals surface area contributed by atoms with Crippen LogP contribution < -0.4 is 11.3 Å². The maximum atomic E-state index is 11.4. The highest BCUT2D eigenvalue weighted by Gasteiger charge is 2.08. The average Bonchev–Trinajstić information content (AvgIpc) is 2.44. The first-order valence-electron chi connectivity index (χ1n) is 6.63. The van der Waals surface area contributed by atoms with Gasteiger partial charge in [-0.05, 0) is 24.5 Å². The van der Waals surface area contributed by atoms with Crippen LogP contribution in [-0.4, -0.2) is 15.7 Å².